The van der Waals surface area contributed by atoms with Crippen LogP contribution in [0.2, 0.25) is 10.0 Å². The molecule has 0 aliphatic carbocycles. The minimum Gasteiger partial charge on any atom is -0.489 e. The number of rotatable bonds is 9. The molecule has 190 valence electrons. The van der Waals surface area contributed by atoms with Crippen LogP contribution in [-0.2, 0) is 18.0 Å². The SMILES string of the molecule is Cc1cccc(COc2ccc(/C=C(\C#N)C(=O)Nc3ccc(OCc4ccc(Cl)cc4)cc3)cc2Cl)c1. The van der Waals surface area contributed by atoms with Crippen LogP contribution in [0.5, 0.6) is 11.5 Å². The number of ether oxygens (including phenoxy) is 2. The zero-order valence-corrected chi connectivity index (χ0v) is 22.1. The van der Waals surface area contributed by atoms with E-state index in [1.165, 1.54) is 6.08 Å². The first-order valence-corrected chi connectivity index (χ1v) is 12.5. The third kappa shape index (κ3) is 7.63. The Bertz CT molecular complexity index is 1490. The number of carbonyl (C=O) groups is 1. The van der Waals surface area contributed by atoms with Gasteiger partial charge in [0.05, 0.1) is 5.02 Å². The van der Waals surface area contributed by atoms with E-state index in [1.54, 1.807) is 42.5 Å². The summed E-state index contributed by atoms with van der Waals surface area (Å²) in [6, 6.07) is 29.4. The second kappa shape index (κ2) is 12.8. The van der Waals surface area contributed by atoms with Crippen molar-refractivity contribution >= 4 is 40.9 Å². The van der Waals surface area contributed by atoms with E-state index in [4.69, 9.17) is 32.7 Å². The summed E-state index contributed by atoms with van der Waals surface area (Å²) in [7, 11) is 0. The maximum atomic E-state index is 12.7. The number of amides is 1. The van der Waals surface area contributed by atoms with Gasteiger partial charge >= 0.3 is 0 Å². The van der Waals surface area contributed by atoms with Gasteiger partial charge in [0.2, 0.25) is 0 Å². The van der Waals surface area contributed by atoms with Crippen LogP contribution in [0.15, 0.2) is 96.6 Å². The Balaban J connectivity index is 1.35. The third-order valence-corrected chi connectivity index (χ3v) is 6.09. The van der Waals surface area contributed by atoms with E-state index in [0.29, 0.717) is 46.0 Å². The average Bonchev–Trinajstić information content (AvgIpc) is 2.91. The molecule has 0 saturated heterocycles. The Hall–Kier alpha value is -4.24. The van der Waals surface area contributed by atoms with Crippen molar-refractivity contribution in [2.24, 2.45) is 0 Å². The molecule has 0 aliphatic heterocycles. The molecule has 1 N–H and O–H groups in total. The first kappa shape index (κ1) is 26.8. The van der Waals surface area contributed by atoms with E-state index in [9.17, 15) is 10.1 Å². The zero-order chi connectivity index (χ0) is 26.9. The lowest BCUT2D eigenvalue weighted by molar-refractivity contribution is -0.112. The number of nitriles is 1. The van der Waals surface area contributed by atoms with Gasteiger partial charge in [-0.15, -0.1) is 0 Å². The lowest BCUT2D eigenvalue weighted by atomic mass is 10.1. The molecule has 0 spiro atoms. The van der Waals surface area contributed by atoms with Crippen molar-refractivity contribution in [3.63, 3.8) is 0 Å². The van der Waals surface area contributed by atoms with Crippen molar-refractivity contribution in [3.05, 3.63) is 129 Å². The molecule has 38 heavy (non-hydrogen) atoms. The number of aryl methyl sites for hydroxylation is 1. The summed E-state index contributed by atoms with van der Waals surface area (Å²) in [6.07, 6.45) is 1.48. The van der Waals surface area contributed by atoms with E-state index < -0.39 is 5.91 Å². The van der Waals surface area contributed by atoms with Crippen LogP contribution in [0.4, 0.5) is 5.69 Å². The van der Waals surface area contributed by atoms with Gasteiger partial charge in [-0.3, -0.25) is 4.79 Å². The van der Waals surface area contributed by atoms with Gasteiger partial charge in [-0.2, -0.15) is 5.26 Å². The number of hydrogen-bond acceptors (Lipinski definition) is 4. The quantitative estimate of drug-likeness (QED) is 0.172. The summed E-state index contributed by atoms with van der Waals surface area (Å²) in [5.41, 5.74) is 4.26. The molecule has 0 fully saturated rings. The van der Waals surface area contributed by atoms with Gasteiger partial charge in [0.1, 0.15) is 36.4 Å². The second-order valence-corrected chi connectivity index (χ2v) is 9.37. The number of nitrogens with zero attached hydrogens (tertiary/aromatic N) is 1. The smallest absolute Gasteiger partial charge is 0.266 e. The molecule has 5 nitrogen and oxygen atoms in total. The summed E-state index contributed by atoms with van der Waals surface area (Å²) >= 11 is 12.3. The van der Waals surface area contributed by atoms with Crippen LogP contribution in [0.25, 0.3) is 6.08 Å². The minimum absolute atomic E-state index is 0.0578. The maximum Gasteiger partial charge on any atom is 0.266 e. The Kier molecular flexibility index (Phi) is 9.05. The van der Waals surface area contributed by atoms with Gasteiger partial charge < -0.3 is 14.8 Å². The van der Waals surface area contributed by atoms with Crippen molar-refractivity contribution in [2.75, 3.05) is 5.32 Å². The van der Waals surface area contributed by atoms with Crippen molar-refractivity contribution < 1.29 is 14.3 Å². The largest absolute Gasteiger partial charge is 0.489 e. The Morgan fingerprint density at radius 2 is 1.63 bits per heavy atom. The lowest BCUT2D eigenvalue weighted by Crippen LogP contribution is -2.13. The van der Waals surface area contributed by atoms with Crippen LogP contribution >= 0.6 is 23.2 Å². The molecule has 4 rings (SSSR count). The molecule has 0 radical (unpaired) electrons. The molecule has 0 bridgehead atoms. The van der Waals surface area contributed by atoms with Crippen molar-refractivity contribution in [2.45, 2.75) is 20.1 Å². The van der Waals surface area contributed by atoms with E-state index in [2.05, 4.69) is 5.32 Å². The maximum absolute atomic E-state index is 12.7. The molecule has 0 unspecified atom stereocenters. The molecule has 1 amide bonds. The molecule has 4 aromatic rings. The predicted molar refractivity (Wildman–Crippen MR) is 151 cm³/mol. The van der Waals surface area contributed by atoms with Crippen LogP contribution < -0.4 is 14.8 Å². The van der Waals surface area contributed by atoms with E-state index in [-0.39, 0.29) is 5.57 Å². The fourth-order valence-electron chi connectivity index (χ4n) is 3.58. The van der Waals surface area contributed by atoms with Crippen LogP contribution in [-0.4, -0.2) is 5.91 Å². The zero-order valence-electron chi connectivity index (χ0n) is 20.6. The van der Waals surface area contributed by atoms with E-state index in [1.807, 2.05) is 61.5 Å². The molecule has 0 saturated carbocycles. The van der Waals surface area contributed by atoms with Gasteiger partial charge in [0.25, 0.3) is 5.91 Å². The Morgan fingerprint density at radius 3 is 2.32 bits per heavy atom. The summed E-state index contributed by atoms with van der Waals surface area (Å²) in [5.74, 6) is 0.637. The monoisotopic (exact) mass is 542 g/mol. The molecule has 0 atom stereocenters. The van der Waals surface area contributed by atoms with Gasteiger partial charge in [-0.05, 0) is 78.2 Å². The fourth-order valence-corrected chi connectivity index (χ4v) is 3.95. The number of carbonyl (C=O) groups excluding carboxylic acids is 1. The van der Waals surface area contributed by atoms with Crippen molar-refractivity contribution in [3.8, 4) is 17.6 Å². The third-order valence-electron chi connectivity index (χ3n) is 5.54. The predicted octanol–water partition coefficient (Wildman–Crippen LogP) is 8.01. The summed E-state index contributed by atoms with van der Waals surface area (Å²) in [4.78, 5) is 12.7. The molecule has 4 aromatic carbocycles. The molecule has 0 heterocycles. The number of halogens is 2. The highest BCUT2D eigenvalue weighted by atomic mass is 35.5. The number of nitrogens with one attached hydrogen (secondary N) is 1. The normalized spacial score (nSPS) is 10.9. The van der Waals surface area contributed by atoms with Crippen LogP contribution in [0, 0.1) is 18.3 Å². The number of hydrogen-bond donors (Lipinski definition) is 1. The molecule has 0 aliphatic rings. The molecule has 7 heteroatoms. The fraction of sp³-hybridized carbons (Fsp3) is 0.0968. The van der Waals surface area contributed by atoms with Gasteiger partial charge in [0.15, 0.2) is 0 Å². The minimum atomic E-state index is -0.529. The standard InChI is InChI=1S/C31H24Cl2N2O3/c1-21-3-2-4-24(15-21)20-38-30-14-7-23(17-29(30)33)16-25(18-34)31(36)35-27-10-12-28(13-11-27)37-19-22-5-8-26(32)9-6-22/h2-17H,19-20H2,1H3,(H,35,36)/b25-16+. The van der Waals surface area contributed by atoms with E-state index in [0.717, 1.165) is 16.7 Å². The van der Waals surface area contributed by atoms with Crippen LogP contribution in [0.3, 0.4) is 0 Å². The summed E-state index contributed by atoms with van der Waals surface area (Å²) < 4.78 is 11.6. The second-order valence-electron chi connectivity index (χ2n) is 8.53. The van der Waals surface area contributed by atoms with Gasteiger partial charge in [0, 0.05) is 10.7 Å². The average molecular weight is 543 g/mol. The van der Waals surface area contributed by atoms with Crippen molar-refractivity contribution in [1.29, 1.82) is 5.26 Å². The Labute approximate surface area is 231 Å². The lowest BCUT2D eigenvalue weighted by Gasteiger charge is -2.10. The van der Waals surface area contributed by atoms with Crippen molar-refractivity contribution in [1.82, 2.24) is 0 Å². The highest BCUT2D eigenvalue weighted by Crippen LogP contribution is 2.27. The van der Waals surface area contributed by atoms with E-state index >= 15 is 0 Å². The molecule has 0 aromatic heterocycles. The summed E-state index contributed by atoms with van der Waals surface area (Å²) in [6.45, 7) is 2.80. The number of benzene rings is 4. The van der Waals surface area contributed by atoms with Crippen LogP contribution in [0.1, 0.15) is 22.3 Å². The Morgan fingerprint density at radius 1 is 0.895 bits per heavy atom. The topological polar surface area (TPSA) is 71.3 Å². The highest BCUT2D eigenvalue weighted by Gasteiger charge is 2.11. The molecular weight excluding hydrogens is 519 g/mol. The number of anilines is 1. The summed E-state index contributed by atoms with van der Waals surface area (Å²) in [5, 5.41) is 13.4. The highest BCUT2D eigenvalue weighted by molar-refractivity contribution is 6.32. The van der Waals surface area contributed by atoms with Gasteiger partial charge in [-0.25, -0.2) is 0 Å². The van der Waals surface area contributed by atoms with Gasteiger partial charge in [-0.1, -0.05) is 71.2 Å². The molecular formula is C31H24Cl2N2O3. The first-order valence-electron chi connectivity index (χ1n) is 11.8. The first-order chi connectivity index (χ1) is 18.4.